The summed E-state index contributed by atoms with van der Waals surface area (Å²) in [5, 5.41) is 8.33. The van der Waals surface area contributed by atoms with Gasteiger partial charge in [0.15, 0.2) is 5.78 Å². The Morgan fingerprint density at radius 3 is 2.54 bits per heavy atom. The van der Waals surface area contributed by atoms with Gasteiger partial charge in [-0.05, 0) is 30.0 Å². The second kappa shape index (κ2) is 6.74. The number of Topliss-reactive ketones (excluding diaryl/α,β-unsaturated/α-hetero) is 1. The molecule has 1 heterocycles. The molecule has 0 saturated carbocycles. The molecule has 0 bridgehead atoms. The number of aromatic nitrogens is 3. The highest BCUT2D eigenvalue weighted by molar-refractivity contribution is 5.96. The molecule has 2 aromatic carbocycles. The lowest BCUT2D eigenvalue weighted by Gasteiger charge is -2.09. The summed E-state index contributed by atoms with van der Waals surface area (Å²) in [6, 6.07) is 14.5. The Balaban J connectivity index is 1.85. The number of carbonyl (C=O) groups excluding carboxylic acids is 1. The summed E-state index contributed by atoms with van der Waals surface area (Å²) in [5.74, 6) is 0.306. The van der Waals surface area contributed by atoms with Gasteiger partial charge in [0.2, 0.25) is 0 Å². The van der Waals surface area contributed by atoms with Crippen molar-refractivity contribution in [3.8, 4) is 0 Å². The highest BCUT2D eigenvalue weighted by Crippen LogP contribution is 2.19. The van der Waals surface area contributed by atoms with Gasteiger partial charge in [-0.25, -0.2) is 4.68 Å². The number of rotatable bonds is 5. The smallest absolute Gasteiger partial charge is 0.278 e. The molecule has 3 rings (SSSR count). The largest absolute Gasteiger partial charge is 0.292 e. The standard InChI is InChI=1S/C19H19N3O2/c1-3-13(2)14-8-10-15(11-9-14)18(23)12-22-19(24)16-6-4-5-7-17(16)20-21-22/h4-11,13H,3,12H2,1-2H3/t13-/m0/s1. The Kier molecular flexibility index (Phi) is 4.51. The first-order valence-corrected chi connectivity index (χ1v) is 8.06. The Hall–Kier alpha value is -2.82. The van der Waals surface area contributed by atoms with Crippen molar-refractivity contribution in [2.45, 2.75) is 32.7 Å². The van der Waals surface area contributed by atoms with Crippen LogP contribution in [0, 0.1) is 0 Å². The summed E-state index contributed by atoms with van der Waals surface area (Å²) < 4.78 is 1.12. The van der Waals surface area contributed by atoms with Gasteiger partial charge in [-0.15, -0.1) is 5.10 Å². The molecule has 5 heteroatoms. The summed E-state index contributed by atoms with van der Waals surface area (Å²) in [4.78, 5) is 24.8. The maximum Gasteiger partial charge on any atom is 0.278 e. The highest BCUT2D eigenvalue weighted by atomic mass is 16.1. The molecule has 0 unspecified atom stereocenters. The molecule has 0 aliphatic rings. The van der Waals surface area contributed by atoms with E-state index in [4.69, 9.17) is 0 Å². The fraction of sp³-hybridized carbons (Fsp3) is 0.263. The molecule has 0 saturated heterocycles. The van der Waals surface area contributed by atoms with Crippen molar-refractivity contribution in [1.29, 1.82) is 0 Å². The Morgan fingerprint density at radius 2 is 1.83 bits per heavy atom. The van der Waals surface area contributed by atoms with Crippen LogP contribution in [0.25, 0.3) is 10.9 Å². The molecule has 5 nitrogen and oxygen atoms in total. The minimum atomic E-state index is -0.301. The maximum absolute atomic E-state index is 12.4. The Labute approximate surface area is 139 Å². The normalized spacial score (nSPS) is 12.2. The molecule has 0 amide bonds. The third kappa shape index (κ3) is 3.11. The lowest BCUT2D eigenvalue weighted by Crippen LogP contribution is -2.27. The summed E-state index contributed by atoms with van der Waals surface area (Å²) in [5.41, 5.74) is 2.01. The van der Waals surface area contributed by atoms with Crippen molar-refractivity contribution in [2.24, 2.45) is 0 Å². The third-order valence-corrected chi connectivity index (χ3v) is 4.34. The monoisotopic (exact) mass is 321 g/mol. The lowest BCUT2D eigenvalue weighted by atomic mass is 9.97. The highest BCUT2D eigenvalue weighted by Gasteiger charge is 2.12. The molecule has 0 spiro atoms. The van der Waals surface area contributed by atoms with E-state index in [1.54, 1.807) is 24.3 Å². The van der Waals surface area contributed by atoms with Gasteiger partial charge in [0.25, 0.3) is 5.56 Å². The van der Waals surface area contributed by atoms with Crippen molar-refractivity contribution in [1.82, 2.24) is 15.0 Å². The molecule has 0 N–H and O–H groups in total. The van der Waals surface area contributed by atoms with E-state index in [9.17, 15) is 9.59 Å². The predicted molar refractivity (Wildman–Crippen MR) is 93.3 cm³/mol. The average molecular weight is 321 g/mol. The van der Waals surface area contributed by atoms with Crippen LogP contribution in [0.2, 0.25) is 0 Å². The maximum atomic E-state index is 12.4. The van der Waals surface area contributed by atoms with Crippen LogP contribution >= 0.6 is 0 Å². The fourth-order valence-corrected chi connectivity index (χ4v) is 2.59. The SMILES string of the molecule is CC[C@H](C)c1ccc(C(=O)Cn2nnc3ccccc3c2=O)cc1. The number of fused-ring (bicyclic) bond motifs is 1. The molecule has 1 atom stereocenters. The van der Waals surface area contributed by atoms with Gasteiger partial charge in [-0.2, -0.15) is 0 Å². The van der Waals surface area contributed by atoms with Gasteiger partial charge in [0.1, 0.15) is 12.1 Å². The van der Waals surface area contributed by atoms with E-state index >= 15 is 0 Å². The van der Waals surface area contributed by atoms with E-state index < -0.39 is 0 Å². The van der Waals surface area contributed by atoms with Crippen LogP contribution in [-0.2, 0) is 6.54 Å². The zero-order valence-electron chi connectivity index (χ0n) is 13.8. The van der Waals surface area contributed by atoms with Crippen molar-refractivity contribution in [3.63, 3.8) is 0 Å². The number of ketones is 1. The minimum Gasteiger partial charge on any atom is -0.292 e. The van der Waals surface area contributed by atoms with Gasteiger partial charge in [0, 0.05) is 5.56 Å². The lowest BCUT2D eigenvalue weighted by molar-refractivity contribution is 0.0964. The van der Waals surface area contributed by atoms with Crippen molar-refractivity contribution < 1.29 is 4.79 Å². The van der Waals surface area contributed by atoms with E-state index in [-0.39, 0.29) is 17.9 Å². The molecule has 1 aromatic heterocycles. The van der Waals surface area contributed by atoms with Crippen LogP contribution in [0.5, 0.6) is 0 Å². The first-order valence-electron chi connectivity index (χ1n) is 8.06. The zero-order valence-corrected chi connectivity index (χ0v) is 13.8. The van der Waals surface area contributed by atoms with Crippen molar-refractivity contribution >= 4 is 16.7 Å². The van der Waals surface area contributed by atoms with E-state index in [1.165, 1.54) is 5.56 Å². The average Bonchev–Trinajstić information content (AvgIpc) is 2.63. The summed E-state index contributed by atoms with van der Waals surface area (Å²) in [6.07, 6.45) is 1.05. The molecule has 3 aromatic rings. The van der Waals surface area contributed by atoms with Crippen LogP contribution in [-0.4, -0.2) is 20.8 Å². The van der Waals surface area contributed by atoms with Crippen LogP contribution < -0.4 is 5.56 Å². The fourth-order valence-electron chi connectivity index (χ4n) is 2.59. The van der Waals surface area contributed by atoms with Crippen LogP contribution in [0.15, 0.2) is 53.3 Å². The first-order chi connectivity index (χ1) is 11.6. The van der Waals surface area contributed by atoms with Crippen LogP contribution in [0.1, 0.15) is 42.1 Å². The van der Waals surface area contributed by atoms with Gasteiger partial charge in [0.05, 0.1) is 5.39 Å². The van der Waals surface area contributed by atoms with Crippen LogP contribution in [0.4, 0.5) is 0 Å². The molecule has 0 aliphatic carbocycles. The van der Waals surface area contributed by atoms with Gasteiger partial charge < -0.3 is 0 Å². The Morgan fingerprint density at radius 1 is 1.12 bits per heavy atom. The predicted octanol–water partition coefficient (Wildman–Crippen LogP) is 3.19. The summed E-state index contributed by atoms with van der Waals surface area (Å²) in [7, 11) is 0. The zero-order chi connectivity index (χ0) is 17.1. The number of hydrogen-bond donors (Lipinski definition) is 0. The van der Waals surface area contributed by atoms with E-state index in [0.29, 0.717) is 22.4 Å². The molecule has 24 heavy (non-hydrogen) atoms. The number of benzene rings is 2. The Bertz CT molecular complexity index is 929. The molecule has 122 valence electrons. The second-order valence-electron chi connectivity index (χ2n) is 5.92. The molecule has 0 fully saturated rings. The van der Waals surface area contributed by atoms with Gasteiger partial charge in [-0.1, -0.05) is 55.5 Å². The number of nitrogens with zero attached hydrogens (tertiary/aromatic N) is 3. The quantitative estimate of drug-likeness (QED) is 0.677. The van der Waals surface area contributed by atoms with Crippen LogP contribution in [0.3, 0.4) is 0 Å². The summed E-state index contributed by atoms with van der Waals surface area (Å²) >= 11 is 0. The van der Waals surface area contributed by atoms with Gasteiger partial charge in [-0.3, -0.25) is 9.59 Å². The van der Waals surface area contributed by atoms with E-state index in [0.717, 1.165) is 11.1 Å². The molecular formula is C19H19N3O2. The van der Waals surface area contributed by atoms with E-state index in [2.05, 4.69) is 24.2 Å². The molecule has 0 aliphatic heterocycles. The van der Waals surface area contributed by atoms with E-state index in [1.807, 2.05) is 24.3 Å². The first kappa shape index (κ1) is 16.1. The van der Waals surface area contributed by atoms with Gasteiger partial charge >= 0.3 is 0 Å². The minimum absolute atomic E-state index is 0.112. The number of carbonyl (C=O) groups is 1. The second-order valence-corrected chi connectivity index (χ2v) is 5.92. The summed E-state index contributed by atoms with van der Waals surface area (Å²) in [6.45, 7) is 4.18. The molecular weight excluding hydrogens is 302 g/mol. The van der Waals surface area contributed by atoms with Crippen molar-refractivity contribution in [2.75, 3.05) is 0 Å². The molecule has 0 radical (unpaired) electrons. The topological polar surface area (TPSA) is 64.8 Å². The number of hydrogen-bond acceptors (Lipinski definition) is 4. The third-order valence-electron chi connectivity index (χ3n) is 4.34. The van der Waals surface area contributed by atoms with Crippen molar-refractivity contribution in [3.05, 3.63) is 70.0 Å².